The predicted octanol–water partition coefficient (Wildman–Crippen LogP) is 4.84. The molecule has 4 aromatic rings. The molecule has 29 heavy (non-hydrogen) atoms. The lowest BCUT2D eigenvalue weighted by molar-refractivity contribution is 0.251. The fourth-order valence-corrected chi connectivity index (χ4v) is 4.04. The SMILES string of the molecule is COc1ccccc1NC(=O)NCc1sc2nc(-c3ccc(F)cc3)cn2c1C. The van der Waals surface area contributed by atoms with Crippen LogP contribution >= 0.6 is 11.3 Å². The van der Waals surface area contributed by atoms with Gasteiger partial charge in [0, 0.05) is 22.3 Å². The molecule has 6 nitrogen and oxygen atoms in total. The number of benzene rings is 2. The minimum Gasteiger partial charge on any atom is -0.495 e. The number of aromatic nitrogens is 2. The number of aryl methyl sites for hydroxylation is 1. The first-order valence-corrected chi connectivity index (χ1v) is 9.78. The van der Waals surface area contributed by atoms with Gasteiger partial charge >= 0.3 is 6.03 Å². The number of thiazole rings is 1. The van der Waals surface area contributed by atoms with E-state index in [1.165, 1.54) is 23.5 Å². The van der Waals surface area contributed by atoms with Crippen molar-refractivity contribution in [2.45, 2.75) is 13.5 Å². The highest BCUT2D eigenvalue weighted by molar-refractivity contribution is 7.17. The maximum absolute atomic E-state index is 13.1. The zero-order chi connectivity index (χ0) is 20.4. The first-order valence-electron chi connectivity index (χ1n) is 8.96. The van der Waals surface area contributed by atoms with E-state index >= 15 is 0 Å². The molecule has 0 unspecified atom stereocenters. The number of fused-ring (bicyclic) bond motifs is 1. The Morgan fingerprint density at radius 1 is 1.21 bits per heavy atom. The molecule has 2 aromatic heterocycles. The largest absolute Gasteiger partial charge is 0.495 e. The van der Waals surface area contributed by atoms with Gasteiger partial charge in [-0.2, -0.15) is 0 Å². The number of nitrogens with zero attached hydrogens (tertiary/aromatic N) is 2. The van der Waals surface area contributed by atoms with E-state index in [0.29, 0.717) is 18.0 Å². The van der Waals surface area contributed by atoms with E-state index < -0.39 is 0 Å². The van der Waals surface area contributed by atoms with Crippen molar-refractivity contribution in [1.82, 2.24) is 14.7 Å². The Bertz CT molecular complexity index is 1170. The summed E-state index contributed by atoms with van der Waals surface area (Å²) < 4.78 is 20.3. The van der Waals surface area contributed by atoms with Crippen molar-refractivity contribution in [3.05, 3.63) is 71.1 Å². The van der Waals surface area contributed by atoms with E-state index in [1.54, 1.807) is 31.4 Å². The molecule has 0 aliphatic rings. The van der Waals surface area contributed by atoms with Crippen LogP contribution in [0.4, 0.5) is 14.9 Å². The Morgan fingerprint density at radius 3 is 2.69 bits per heavy atom. The summed E-state index contributed by atoms with van der Waals surface area (Å²) in [6.45, 7) is 2.36. The second-order valence-electron chi connectivity index (χ2n) is 6.40. The second kappa shape index (κ2) is 7.92. The average Bonchev–Trinajstić information content (AvgIpc) is 3.27. The number of urea groups is 1. The molecule has 0 aliphatic heterocycles. The van der Waals surface area contributed by atoms with Gasteiger partial charge in [0.1, 0.15) is 11.6 Å². The van der Waals surface area contributed by atoms with Crippen molar-refractivity contribution in [1.29, 1.82) is 0 Å². The van der Waals surface area contributed by atoms with Gasteiger partial charge in [-0.15, -0.1) is 0 Å². The number of rotatable bonds is 5. The van der Waals surface area contributed by atoms with Crippen molar-refractivity contribution < 1.29 is 13.9 Å². The van der Waals surface area contributed by atoms with Crippen molar-refractivity contribution in [3.63, 3.8) is 0 Å². The van der Waals surface area contributed by atoms with Gasteiger partial charge in [0.25, 0.3) is 0 Å². The van der Waals surface area contributed by atoms with Crippen LogP contribution in [0.25, 0.3) is 16.2 Å². The van der Waals surface area contributed by atoms with Gasteiger partial charge in [0.05, 0.1) is 25.0 Å². The number of hydrogen-bond acceptors (Lipinski definition) is 4. The highest BCUT2D eigenvalue weighted by Gasteiger charge is 2.14. The summed E-state index contributed by atoms with van der Waals surface area (Å²) >= 11 is 1.51. The lowest BCUT2D eigenvalue weighted by Gasteiger charge is -2.10. The number of nitrogens with one attached hydrogen (secondary N) is 2. The quantitative estimate of drug-likeness (QED) is 0.495. The minimum absolute atomic E-state index is 0.272. The van der Waals surface area contributed by atoms with Gasteiger partial charge in [-0.3, -0.25) is 4.40 Å². The number of carbonyl (C=O) groups is 1. The molecule has 4 rings (SSSR count). The van der Waals surface area contributed by atoms with Crippen molar-refractivity contribution in [2.24, 2.45) is 0 Å². The highest BCUT2D eigenvalue weighted by Crippen LogP contribution is 2.27. The summed E-state index contributed by atoms with van der Waals surface area (Å²) in [5, 5.41) is 5.66. The first kappa shape index (κ1) is 18.9. The molecule has 0 fully saturated rings. The molecule has 8 heteroatoms. The molecular weight excluding hydrogens is 391 g/mol. The number of imidazole rings is 1. The van der Waals surface area contributed by atoms with Crippen LogP contribution in [0, 0.1) is 12.7 Å². The van der Waals surface area contributed by atoms with Gasteiger partial charge in [0.2, 0.25) is 0 Å². The third-order valence-corrected chi connectivity index (χ3v) is 5.71. The smallest absolute Gasteiger partial charge is 0.319 e. The lowest BCUT2D eigenvalue weighted by atomic mass is 10.2. The summed E-state index contributed by atoms with van der Waals surface area (Å²) in [7, 11) is 1.56. The Morgan fingerprint density at radius 2 is 1.97 bits per heavy atom. The Kier molecular flexibility index (Phi) is 5.18. The lowest BCUT2D eigenvalue weighted by Crippen LogP contribution is -2.28. The van der Waals surface area contributed by atoms with Crippen molar-refractivity contribution >= 4 is 28.0 Å². The third-order valence-electron chi connectivity index (χ3n) is 4.56. The highest BCUT2D eigenvalue weighted by atomic mass is 32.1. The summed E-state index contributed by atoms with van der Waals surface area (Å²) in [5.41, 5.74) is 3.25. The molecule has 148 valence electrons. The van der Waals surface area contributed by atoms with Crippen LogP contribution < -0.4 is 15.4 Å². The van der Waals surface area contributed by atoms with Gasteiger partial charge in [-0.1, -0.05) is 23.5 Å². The van der Waals surface area contributed by atoms with Gasteiger partial charge < -0.3 is 15.4 Å². The normalized spacial score (nSPS) is 10.9. The monoisotopic (exact) mass is 410 g/mol. The molecule has 0 radical (unpaired) electrons. The van der Waals surface area contributed by atoms with Gasteiger partial charge in [0.15, 0.2) is 4.96 Å². The molecule has 2 N–H and O–H groups in total. The first-order chi connectivity index (χ1) is 14.0. The van der Waals surface area contributed by atoms with Crippen LogP contribution in [0.5, 0.6) is 5.75 Å². The van der Waals surface area contributed by atoms with Crippen LogP contribution in [0.15, 0.2) is 54.7 Å². The summed E-state index contributed by atoms with van der Waals surface area (Å²) in [5.74, 6) is 0.326. The van der Waals surface area contributed by atoms with E-state index in [1.807, 2.05) is 29.7 Å². The summed E-state index contributed by atoms with van der Waals surface area (Å²) in [4.78, 5) is 18.7. The van der Waals surface area contributed by atoms with E-state index in [2.05, 4.69) is 15.6 Å². The van der Waals surface area contributed by atoms with Crippen LogP contribution in [0.2, 0.25) is 0 Å². The zero-order valence-corrected chi connectivity index (χ0v) is 16.7. The molecule has 2 amide bonds. The predicted molar refractivity (Wildman–Crippen MR) is 112 cm³/mol. The maximum Gasteiger partial charge on any atom is 0.319 e. The van der Waals surface area contributed by atoms with Crippen molar-refractivity contribution in [3.8, 4) is 17.0 Å². The fraction of sp³-hybridized carbons (Fsp3) is 0.143. The zero-order valence-electron chi connectivity index (χ0n) is 15.9. The van der Waals surface area contributed by atoms with Crippen LogP contribution in [-0.4, -0.2) is 22.5 Å². The maximum atomic E-state index is 13.1. The molecule has 2 aromatic carbocycles. The number of carbonyl (C=O) groups excluding carboxylic acids is 1. The number of methoxy groups -OCH3 is 1. The van der Waals surface area contributed by atoms with Gasteiger partial charge in [-0.25, -0.2) is 14.2 Å². The summed E-state index contributed by atoms with van der Waals surface area (Å²) in [6, 6.07) is 13.2. The molecule has 0 spiro atoms. The minimum atomic E-state index is -0.313. The molecule has 0 saturated carbocycles. The topological polar surface area (TPSA) is 67.7 Å². The Labute approximate surface area is 171 Å². The molecule has 0 saturated heterocycles. The van der Waals surface area contributed by atoms with E-state index in [4.69, 9.17) is 4.74 Å². The van der Waals surface area contributed by atoms with Gasteiger partial charge in [-0.05, 0) is 43.3 Å². The van der Waals surface area contributed by atoms with Crippen molar-refractivity contribution in [2.75, 3.05) is 12.4 Å². The van der Waals surface area contributed by atoms with E-state index in [9.17, 15) is 9.18 Å². The number of hydrogen-bond donors (Lipinski definition) is 2. The molecular formula is C21H19FN4O2S. The number of halogens is 1. The number of para-hydroxylation sites is 2. The Balaban J connectivity index is 1.46. The Hall–Kier alpha value is -3.39. The van der Waals surface area contributed by atoms with Crippen LogP contribution in [-0.2, 0) is 6.54 Å². The molecule has 0 bridgehead atoms. The van der Waals surface area contributed by atoms with Crippen LogP contribution in [0.3, 0.4) is 0 Å². The van der Waals surface area contributed by atoms with E-state index in [-0.39, 0.29) is 11.8 Å². The standard InChI is InChI=1S/C21H19FN4O2S/c1-13-19(11-23-20(27)24-16-5-3-4-6-18(16)28-2)29-21-25-17(12-26(13)21)14-7-9-15(22)10-8-14/h3-10,12H,11H2,1-2H3,(H2,23,24,27). The average molecular weight is 410 g/mol. The summed E-state index contributed by atoms with van der Waals surface area (Å²) in [6.07, 6.45) is 1.92. The molecule has 2 heterocycles. The second-order valence-corrected chi connectivity index (χ2v) is 7.47. The number of amides is 2. The number of anilines is 1. The van der Waals surface area contributed by atoms with E-state index in [0.717, 1.165) is 26.8 Å². The molecule has 0 atom stereocenters. The third kappa shape index (κ3) is 3.93. The van der Waals surface area contributed by atoms with Crippen LogP contribution in [0.1, 0.15) is 10.6 Å². The fourth-order valence-electron chi connectivity index (χ4n) is 2.99. The number of ether oxygens (including phenoxy) is 1. The molecule has 0 aliphatic carbocycles.